The molecule has 0 aliphatic carbocycles. The summed E-state index contributed by atoms with van der Waals surface area (Å²) in [5.74, 6) is 1.95. The van der Waals surface area contributed by atoms with Gasteiger partial charge in [-0.25, -0.2) is 4.68 Å². The molecule has 32 heavy (non-hydrogen) atoms. The zero-order valence-electron chi connectivity index (χ0n) is 18.2. The van der Waals surface area contributed by atoms with Crippen LogP contribution in [-0.2, 0) is 6.67 Å². The molecule has 4 rings (SSSR count). The van der Waals surface area contributed by atoms with Crippen LogP contribution in [0.2, 0.25) is 5.02 Å². The minimum atomic E-state index is 0.311. The van der Waals surface area contributed by atoms with Crippen molar-refractivity contribution in [1.82, 2.24) is 14.7 Å². The van der Waals surface area contributed by atoms with E-state index >= 15 is 0 Å². The van der Waals surface area contributed by atoms with E-state index in [2.05, 4.69) is 21.0 Å². The molecule has 2 aromatic carbocycles. The number of aromatic nitrogens is 2. The molecule has 1 fully saturated rings. The van der Waals surface area contributed by atoms with Gasteiger partial charge in [0, 0.05) is 42.5 Å². The highest BCUT2D eigenvalue weighted by Gasteiger charge is 2.21. The van der Waals surface area contributed by atoms with Crippen molar-refractivity contribution in [3.05, 3.63) is 46.3 Å². The number of methoxy groups -OCH3 is 3. The molecule has 1 saturated heterocycles. The molecule has 8 nitrogen and oxygen atoms in total. The zero-order valence-corrected chi connectivity index (χ0v) is 19.8. The van der Waals surface area contributed by atoms with Crippen LogP contribution in [0, 0.1) is 4.84 Å². The molecule has 0 atom stereocenters. The van der Waals surface area contributed by atoms with Gasteiger partial charge in [0.05, 0.1) is 28.0 Å². The van der Waals surface area contributed by atoms with E-state index in [0.717, 1.165) is 36.9 Å². The Bertz CT molecular complexity index is 1120. The minimum Gasteiger partial charge on any atom is -0.493 e. The lowest BCUT2D eigenvalue weighted by atomic mass is 10.2. The molecule has 1 aliphatic rings. The molecule has 0 radical (unpaired) electrons. The van der Waals surface area contributed by atoms with Gasteiger partial charge in [-0.05, 0) is 42.5 Å². The molecule has 0 spiro atoms. The van der Waals surface area contributed by atoms with Crippen LogP contribution < -0.4 is 19.1 Å². The number of benzene rings is 2. The van der Waals surface area contributed by atoms with E-state index in [-0.39, 0.29) is 0 Å². The van der Waals surface area contributed by atoms with Crippen LogP contribution >= 0.6 is 23.8 Å². The van der Waals surface area contributed by atoms with Gasteiger partial charge in [-0.3, -0.25) is 4.90 Å². The maximum Gasteiger partial charge on any atom is 0.288 e. The number of nitrogens with zero attached hydrogens (tertiary/aromatic N) is 4. The molecule has 3 aromatic rings. The van der Waals surface area contributed by atoms with Gasteiger partial charge in [0.25, 0.3) is 4.84 Å². The fourth-order valence-electron chi connectivity index (χ4n) is 3.73. The number of piperazine rings is 1. The van der Waals surface area contributed by atoms with E-state index < -0.39 is 0 Å². The number of halogens is 1. The van der Waals surface area contributed by atoms with Crippen LogP contribution in [0.5, 0.6) is 17.2 Å². The summed E-state index contributed by atoms with van der Waals surface area (Å²) in [4.78, 5) is 4.93. The van der Waals surface area contributed by atoms with E-state index in [1.54, 1.807) is 38.1 Å². The Balaban J connectivity index is 1.48. The first-order chi connectivity index (χ1) is 15.5. The van der Waals surface area contributed by atoms with Crippen molar-refractivity contribution in [3.8, 4) is 28.7 Å². The van der Waals surface area contributed by atoms with Gasteiger partial charge in [0.15, 0.2) is 11.5 Å². The smallest absolute Gasteiger partial charge is 0.288 e. The Morgan fingerprint density at radius 1 is 1.00 bits per heavy atom. The second kappa shape index (κ2) is 9.81. The summed E-state index contributed by atoms with van der Waals surface area (Å²) in [7, 11) is 4.70. The fraction of sp³-hybridized carbons (Fsp3) is 0.364. The third kappa shape index (κ3) is 4.69. The summed E-state index contributed by atoms with van der Waals surface area (Å²) in [5.41, 5.74) is 1.83. The molecule has 0 N–H and O–H groups in total. The summed E-state index contributed by atoms with van der Waals surface area (Å²) < 4.78 is 23.7. The molecule has 0 unspecified atom stereocenters. The predicted octanol–water partition coefficient (Wildman–Crippen LogP) is 4.33. The van der Waals surface area contributed by atoms with E-state index in [9.17, 15) is 0 Å². The monoisotopic (exact) mass is 476 g/mol. The zero-order chi connectivity index (χ0) is 22.7. The SMILES string of the molecule is COc1cc(-c2nn(CN3CCN(c4cccc(Cl)c4)CC3)c(=S)o2)cc(OC)c1OC. The predicted molar refractivity (Wildman–Crippen MR) is 126 cm³/mol. The van der Waals surface area contributed by atoms with Crippen molar-refractivity contribution in [2.45, 2.75) is 6.67 Å². The van der Waals surface area contributed by atoms with Crippen molar-refractivity contribution < 1.29 is 18.6 Å². The van der Waals surface area contributed by atoms with Gasteiger partial charge in [0.1, 0.15) is 0 Å². The standard InChI is InChI=1S/C22H25ClN4O4S/c1-28-18-11-15(12-19(29-2)20(18)30-3)21-24-27(22(32)31-21)14-25-7-9-26(10-8-25)17-6-4-5-16(23)13-17/h4-6,11-13H,7-10,14H2,1-3H3. The largest absolute Gasteiger partial charge is 0.493 e. The molecular formula is C22H25ClN4O4S. The second-order valence-corrected chi connectivity index (χ2v) is 8.10. The van der Waals surface area contributed by atoms with E-state index in [0.29, 0.717) is 40.2 Å². The number of rotatable bonds is 7. The summed E-state index contributed by atoms with van der Waals surface area (Å²) >= 11 is 11.6. The summed E-state index contributed by atoms with van der Waals surface area (Å²) in [5, 5.41) is 5.34. The van der Waals surface area contributed by atoms with Gasteiger partial charge >= 0.3 is 0 Å². The van der Waals surface area contributed by atoms with Crippen molar-refractivity contribution in [1.29, 1.82) is 0 Å². The van der Waals surface area contributed by atoms with Crippen LogP contribution in [0.4, 0.5) is 5.69 Å². The quantitative estimate of drug-likeness (QED) is 0.467. The lowest BCUT2D eigenvalue weighted by molar-refractivity contribution is 0.192. The molecule has 1 aliphatic heterocycles. The van der Waals surface area contributed by atoms with Crippen LogP contribution in [0.25, 0.3) is 11.5 Å². The van der Waals surface area contributed by atoms with Crippen molar-refractivity contribution >= 4 is 29.5 Å². The van der Waals surface area contributed by atoms with Crippen LogP contribution in [0.1, 0.15) is 0 Å². The van der Waals surface area contributed by atoms with Gasteiger partial charge in [-0.15, -0.1) is 5.10 Å². The Labute approximate surface area is 196 Å². The highest BCUT2D eigenvalue weighted by atomic mass is 35.5. The van der Waals surface area contributed by atoms with Gasteiger partial charge in [-0.2, -0.15) is 0 Å². The molecule has 2 heterocycles. The molecule has 0 saturated carbocycles. The number of ether oxygens (including phenoxy) is 3. The first kappa shape index (κ1) is 22.4. The minimum absolute atomic E-state index is 0.311. The lowest BCUT2D eigenvalue weighted by Crippen LogP contribution is -2.46. The summed E-state index contributed by atoms with van der Waals surface area (Å²) in [6.45, 7) is 4.09. The highest BCUT2D eigenvalue weighted by molar-refractivity contribution is 7.71. The van der Waals surface area contributed by atoms with E-state index in [1.165, 1.54) is 0 Å². The van der Waals surface area contributed by atoms with E-state index in [1.807, 2.05) is 18.2 Å². The normalized spacial score (nSPS) is 14.4. The first-order valence-corrected chi connectivity index (χ1v) is 10.9. The van der Waals surface area contributed by atoms with Crippen molar-refractivity contribution in [3.63, 3.8) is 0 Å². The summed E-state index contributed by atoms with van der Waals surface area (Å²) in [6.07, 6.45) is 0. The number of hydrogen-bond acceptors (Lipinski definition) is 8. The Kier molecular flexibility index (Phi) is 6.88. The molecular weight excluding hydrogens is 452 g/mol. The van der Waals surface area contributed by atoms with Crippen molar-refractivity contribution in [2.24, 2.45) is 0 Å². The highest BCUT2D eigenvalue weighted by Crippen LogP contribution is 2.40. The first-order valence-electron chi connectivity index (χ1n) is 10.1. The van der Waals surface area contributed by atoms with Crippen LogP contribution in [-0.4, -0.2) is 62.2 Å². The molecule has 170 valence electrons. The fourth-order valence-corrected chi connectivity index (χ4v) is 4.09. The maximum atomic E-state index is 6.13. The average Bonchev–Trinajstić information content (AvgIpc) is 3.18. The average molecular weight is 477 g/mol. The van der Waals surface area contributed by atoms with Crippen LogP contribution in [0.3, 0.4) is 0 Å². The van der Waals surface area contributed by atoms with Crippen LogP contribution in [0.15, 0.2) is 40.8 Å². The molecule has 0 bridgehead atoms. The second-order valence-electron chi connectivity index (χ2n) is 7.31. The Morgan fingerprint density at radius 2 is 1.69 bits per heavy atom. The third-order valence-corrected chi connectivity index (χ3v) is 5.93. The molecule has 1 aromatic heterocycles. The van der Waals surface area contributed by atoms with Crippen molar-refractivity contribution in [2.75, 3.05) is 52.4 Å². The van der Waals surface area contributed by atoms with E-state index in [4.69, 9.17) is 42.4 Å². The lowest BCUT2D eigenvalue weighted by Gasteiger charge is -2.35. The topological polar surface area (TPSA) is 65.1 Å². The number of anilines is 1. The maximum absolute atomic E-state index is 6.13. The summed E-state index contributed by atoms with van der Waals surface area (Å²) in [6, 6.07) is 11.5. The molecule has 10 heteroatoms. The van der Waals surface area contributed by atoms with Gasteiger partial charge in [0.2, 0.25) is 11.6 Å². The Morgan fingerprint density at radius 3 is 2.28 bits per heavy atom. The van der Waals surface area contributed by atoms with Gasteiger partial charge < -0.3 is 23.5 Å². The van der Waals surface area contributed by atoms with Gasteiger partial charge in [-0.1, -0.05) is 17.7 Å². The Hall–Kier alpha value is -2.75. The molecule has 0 amide bonds. The third-order valence-electron chi connectivity index (χ3n) is 5.40. The number of hydrogen-bond donors (Lipinski definition) is 0.